The number of hydrogen-bond donors (Lipinski definition) is 1. The smallest absolute Gasteiger partial charge is 0.230 e. The van der Waals surface area contributed by atoms with Gasteiger partial charge in [-0.1, -0.05) is 49.0 Å². The van der Waals surface area contributed by atoms with Gasteiger partial charge in [-0.15, -0.1) is 21.5 Å². The molecule has 0 radical (unpaired) electrons. The molecule has 0 fully saturated rings. The summed E-state index contributed by atoms with van der Waals surface area (Å²) in [7, 11) is 1.93. The van der Waals surface area contributed by atoms with Crippen LogP contribution in [-0.2, 0) is 24.8 Å². The van der Waals surface area contributed by atoms with Gasteiger partial charge < -0.3 is 9.88 Å². The van der Waals surface area contributed by atoms with E-state index in [0.29, 0.717) is 12.3 Å². The molecule has 3 rings (SSSR count). The van der Waals surface area contributed by atoms with Crippen molar-refractivity contribution < 1.29 is 4.79 Å². The summed E-state index contributed by atoms with van der Waals surface area (Å²) >= 11 is 3.13. The molecule has 3 aromatic rings. The molecule has 0 aliphatic heterocycles. The van der Waals surface area contributed by atoms with Crippen molar-refractivity contribution in [3.63, 3.8) is 0 Å². The van der Waals surface area contributed by atoms with E-state index in [-0.39, 0.29) is 5.91 Å². The zero-order chi connectivity index (χ0) is 17.6. The van der Waals surface area contributed by atoms with Gasteiger partial charge in [-0.2, -0.15) is 0 Å². The van der Waals surface area contributed by atoms with E-state index < -0.39 is 0 Å². The van der Waals surface area contributed by atoms with Crippen LogP contribution in [0.5, 0.6) is 0 Å². The first kappa shape index (κ1) is 17.7. The first-order chi connectivity index (χ1) is 12.2. The molecule has 2 aromatic heterocycles. The topological polar surface area (TPSA) is 59.8 Å². The van der Waals surface area contributed by atoms with E-state index in [4.69, 9.17) is 0 Å². The summed E-state index contributed by atoms with van der Waals surface area (Å²) in [5.74, 6) is 1.15. The Balaban J connectivity index is 1.55. The van der Waals surface area contributed by atoms with Crippen LogP contribution in [-0.4, -0.2) is 26.4 Å². The normalized spacial score (nSPS) is 10.8. The fourth-order valence-corrected chi connectivity index (χ4v) is 3.91. The van der Waals surface area contributed by atoms with E-state index in [1.165, 1.54) is 16.6 Å². The highest BCUT2D eigenvalue weighted by Crippen LogP contribution is 2.27. The number of aryl methyl sites for hydroxylation is 1. The molecule has 1 N–H and O–H groups in total. The molecule has 0 bridgehead atoms. The van der Waals surface area contributed by atoms with Crippen LogP contribution in [0.3, 0.4) is 0 Å². The molecule has 5 nitrogen and oxygen atoms in total. The third kappa shape index (κ3) is 4.49. The van der Waals surface area contributed by atoms with Crippen LogP contribution in [0.25, 0.3) is 11.4 Å². The monoisotopic (exact) mass is 372 g/mol. The quantitative estimate of drug-likeness (QED) is 0.645. The van der Waals surface area contributed by atoms with Crippen molar-refractivity contribution in [3.8, 4) is 11.4 Å². The van der Waals surface area contributed by atoms with Crippen LogP contribution >= 0.6 is 23.1 Å². The zero-order valence-electron chi connectivity index (χ0n) is 14.2. The molecule has 0 unspecified atom stereocenters. The van der Waals surface area contributed by atoms with Crippen molar-refractivity contribution in [2.45, 2.75) is 25.0 Å². The van der Waals surface area contributed by atoms with Crippen molar-refractivity contribution in [1.29, 1.82) is 0 Å². The SMILES string of the molecule is CCc1cc(-c2nnc(SCC(=O)NCc3ccccc3)n2C)cs1. The highest BCUT2D eigenvalue weighted by atomic mass is 32.2. The lowest BCUT2D eigenvalue weighted by Crippen LogP contribution is -2.24. The Morgan fingerprint density at radius 1 is 1.28 bits per heavy atom. The average molecular weight is 373 g/mol. The maximum absolute atomic E-state index is 12.0. The van der Waals surface area contributed by atoms with Crippen molar-refractivity contribution in [2.75, 3.05) is 5.75 Å². The van der Waals surface area contributed by atoms with Gasteiger partial charge in [0, 0.05) is 29.4 Å². The Labute approximate surface area is 155 Å². The number of nitrogens with one attached hydrogen (secondary N) is 1. The van der Waals surface area contributed by atoms with Crippen LogP contribution in [0, 0.1) is 0 Å². The predicted octanol–water partition coefficient (Wildman–Crippen LogP) is 3.51. The Morgan fingerprint density at radius 2 is 2.08 bits per heavy atom. The summed E-state index contributed by atoms with van der Waals surface area (Å²) in [6.45, 7) is 2.68. The lowest BCUT2D eigenvalue weighted by atomic mass is 10.2. The van der Waals surface area contributed by atoms with Crippen molar-refractivity contribution >= 4 is 29.0 Å². The molecule has 0 atom stereocenters. The van der Waals surface area contributed by atoms with Crippen LogP contribution in [0.15, 0.2) is 46.9 Å². The van der Waals surface area contributed by atoms with Crippen molar-refractivity contribution in [3.05, 3.63) is 52.2 Å². The summed E-state index contributed by atoms with van der Waals surface area (Å²) in [5.41, 5.74) is 2.17. The molecule has 0 aliphatic carbocycles. The highest BCUT2D eigenvalue weighted by molar-refractivity contribution is 7.99. The maximum Gasteiger partial charge on any atom is 0.230 e. The van der Waals surface area contributed by atoms with Gasteiger partial charge >= 0.3 is 0 Å². The molecule has 1 aromatic carbocycles. The van der Waals surface area contributed by atoms with E-state index >= 15 is 0 Å². The third-order valence-corrected chi connectivity index (χ3v) is 5.86. The Kier molecular flexibility index (Phi) is 5.88. The Hall–Kier alpha value is -2.12. The number of thiophene rings is 1. The molecule has 0 saturated carbocycles. The second-order valence-electron chi connectivity index (χ2n) is 5.57. The molecule has 0 spiro atoms. The van der Waals surface area contributed by atoms with Crippen LogP contribution < -0.4 is 5.32 Å². The Morgan fingerprint density at radius 3 is 2.80 bits per heavy atom. The number of aromatic nitrogens is 3. The zero-order valence-corrected chi connectivity index (χ0v) is 15.9. The van der Waals surface area contributed by atoms with E-state index in [0.717, 1.165) is 28.5 Å². The lowest BCUT2D eigenvalue weighted by molar-refractivity contribution is -0.118. The minimum atomic E-state index is -0.0118. The predicted molar refractivity (Wildman–Crippen MR) is 103 cm³/mol. The molecule has 0 saturated heterocycles. The summed E-state index contributed by atoms with van der Waals surface area (Å²) in [5, 5.41) is 14.3. The number of hydrogen-bond acceptors (Lipinski definition) is 5. The summed E-state index contributed by atoms with van der Waals surface area (Å²) in [6, 6.07) is 12.0. The fourth-order valence-electron chi connectivity index (χ4n) is 2.35. The van der Waals surface area contributed by atoms with Gasteiger partial charge in [0.25, 0.3) is 0 Å². The van der Waals surface area contributed by atoms with E-state index in [2.05, 4.69) is 33.9 Å². The number of nitrogens with zero attached hydrogens (tertiary/aromatic N) is 3. The number of benzene rings is 1. The van der Waals surface area contributed by atoms with Crippen molar-refractivity contribution in [1.82, 2.24) is 20.1 Å². The first-order valence-electron chi connectivity index (χ1n) is 8.08. The fraction of sp³-hybridized carbons (Fsp3) is 0.278. The minimum Gasteiger partial charge on any atom is -0.351 e. The van der Waals surface area contributed by atoms with E-state index in [1.54, 1.807) is 11.3 Å². The molecule has 2 heterocycles. The molecule has 1 amide bonds. The average Bonchev–Trinajstić information content (AvgIpc) is 3.25. The summed E-state index contributed by atoms with van der Waals surface area (Å²) in [4.78, 5) is 13.4. The van der Waals surface area contributed by atoms with E-state index in [1.807, 2.05) is 41.9 Å². The number of thioether (sulfide) groups is 1. The van der Waals surface area contributed by atoms with Gasteiger partial charge in [0.1, 0.15) is 0 Å². The van der Waals surface area contributed by atoms with Gasteiger partial charge in [-0.25, -0.2) is 0 Å². The number of amides is 1. The van der Waals surface area contributed by atoms with Crippen LogP contribution in [0.4, 0.5) is 0 Å². The number of carbonyl (C=O) groups is 1. The molecule has 25 heavy (non-hydrogen) atoms. The second-order valence-corrected chi connectivity index (χ2v) is 7.51. The molecule has 0 aliphatic rings. The molecular weight excluding hydrogens is 352 g/mol. The van der Waals surface area contributed by atoms with E-state index in [9.17, 15) is 4.79 Å². The standard InChI is InChI=1S/C18H20N4OS2/c1-3-15-9-14(11-24-15)17-20-21-18(22(17)2)25-12-16(23)19-10-13-7-5-4-6-8-13/h4-9,11H,3,10,12H2,1-2H3,(H,19,23). The second kappa shape index (κ2) is 8.31. The maximum atomic E-state index is 12.0. The first-order valence-corrected chi connectivity index (χ1v) is 9.94. The Bertz CT molecular complexity index is 842. The van der Waals surface area contributed by atoms with Gasteiger partial charge in [-0.3, -0.25) is 4.79 Å². The van der Waals surface area contributed by atoms with Gasteiger partial charge in [0.2, 0.25) is 5.91 Å². The minimum absolute atomic E-state index is 0.0118. The largest absolute Gasteiger partial charge is 0.351 e. The number of carbonyl (C=O) groups excluding carboxylic acids is 1. The third-order valence-electron chi connectivity index (χ3n) is 3.76. The van der Waals surface area contributed by atoms with Crippen LogP contribution in [0.1, 0.15) is 17.4 Å². The van der Waals surface area contributed by atoms with Crippen LogP contribution in [0.2, 0.25) is 0 Å². The van der Waals surface area contributed by atoms with Gasteiger partial charge in [0.15, 0.2) is 11.0 Å². The molecule has 130 valence electrons. The molecular formula is C18H20N4OS2. The molecule has 7 heteroatoms. The lowest BCUT2D eigenvalue weighted by Gasteiger charge is -2.05. The van der Waals surface area contributed by atoms with Gasteiger partial charge in [-0.05, 0) is 18.1 Å². The van der Waals surface area contributed by atoms with Crippen molar-refractivity contribution in [2.24, 2.45) is 7.05 Å². The van der Waals surface area contributed by atoms with Gasteiger partial charge in [0.05, 0.1) is 5.75 Å². The summed E-state index contributed by atoms with van der Waals surface area (Å²) in [6.07, 6.45) is 1.02. The number of rotatable bonds is 7. The summed E-state index contributed by atoms with van der Waals surface area (Å²) < 4.78 is 1.94. The highest BCUT2D eigenvalue weighted by Gasteiger charge is 2.14.